The maximum atomic E-state index is 12.3. The van der Waals surface area contributed by atoms with Gasteiger partial charge in [0.1, 0.15) is 0 Å². The minimum Gasteiger partial charge on any atom is -0.411 e. The van der Waals surface area contributed by atoms with Gasteiger partial charge in [-0.1, -0.05) is 36.0 Å². The fourth-order valence-corrected chi connectivity index (χ4v) is 4.73. The van der Waals surface area contributed by atoms with Gasteiger partial charge in [0.15, 0.2) is 5.13 Å². The van der Waals surface area contributed by atoms with Crippen LogP contribution in [0.2, 0.25) is 0 Å². The highest BCUT2D eigenvalue weighted by molar-refractivity contribution is 7.98. The fourth-order valence-electron chi connectivity index (χ4n) is 3.08. The first kappa shape index (κ1) is 21.3. The summed E-state index contributed by atoms with van der Waals surface area (Å²) in [5, 5.41) is 11.4. The zero-order valence-corrected chi connectivity index (χ0v) is 19.4. The molecule has 6 nitrogen and oxygen atoms in total. The number of carbonyl (C=O) groups excluding carboxylic acids is 1. The molecule has 0 saturated heterocycles. The second-order valence-corrected chi connectivity index (χ2v) is 8.98. The maximum absolute atomic E-state index is 12.3. The van der Waals surface area contributed by atoms with E-state index >= 15 is 0 Å². The van der Waals surface area contributed by atoms with E-state index in [0.717, 1.165) is 28.1 Å². The third-order valence-electron chi connectivity index (χ3n) is 4.92. The van der Waals surface area contributed by atoms with Crippen molar-refractivity contribution in [1.82, 2.24) is 15.2 Å². The molecule has 2 aromatic carbocycles. The van der Waals surface area contributed by atoms with Gasteiger partial charge in [0.25, 0.3) is 5.22 Å². The lowest BCUT2D eigenvalue weighted by Gasteiger charge is -2.19. The van der Waals surface area contributed by atoms with Gasteiger partial charge in [-0.05, 0) is 55.7 Å². The smallest absolute Gasteiger partial charge is 0.277 e. The number of anilines is 2. The van der Waals surface area contributed by atoms with Crippen molar-refractivity contribution in [2.75, 3.05) is 4.90 Å². The van der Waals surface area contributed by atoms with E-state index in [1.807, 2.05) is 61.7 Å². The van der Waals surface area contributed by atoms with Gasteiger partial charge in [0, 0.05) is 23.6 Å². The number of aromatic nitrogens is 3. The van der Waals surface area contributed by atoms with E-state index in [-0.39, 0.29) is 5.91 Å². The molecule has 0 N–H and O–H groups in total. The first-order chi connectivity index (χ1) is 14.9. The molecule has 158 valence electrons. The molecule has 31 heavy (non-hydrogen) atoms. The molecule has 0 aliphatic rings. The van der Waals surface area contributed by atoms with Crippen molar-refractivity contribution in [3.05, 3.63) is 70.2 Å². The first-order valence-electron chi connectivity index (χ1n) is 9.77. The average molecular weight is 451 g/mol. The molecule has 4 aromatic rings. The Kier molecular flexibility index (Phi) is 6.20. The van der Waals surface area contributed by atoms with Gasteiger partial charge in [-0.25, -0.2) is 4.98 Å². The maximum Gasteiger partial charge on any atom is 0.277 e. The molecule has 0 atom stereocenters. The topological polar surface area (TPSA) is 72.1 Å². The Morgan fingerprint density at radius 2 is 1.87 bits per heavy atom. The Hall–Kier alpha value is -2.97. The first-order valence-corrected chi connectivity index (χ1v) is 11.6. The molecule has 0 saturated carbocycles. The molecule has 1 amide bonds. The zero-order chi connectivity index (χ0) is 22.0. The minimum absolute atomic E-state index is 0.0726. The van der Waals surface area contributed by atoms with Gasteiger partial charge in [0.05, 0.1) is 11.4 Å². The van der Waals surface area contributed by atoms with E-state index in [1.54, 1.807) is 11.8 Å². The Bertz CT molecular complexity index is 1230. The number of nitrogens with zero attached hydrogens (tertiary/aromatic N) is 4. The van der Waals surface area contributed by atoms with Crippen LogP contribution in [-0.4, -0.2) is 21.1 Å². The number of amides is 1. The molecule has 8 heteroatoms. The molecule has 2 aromatic heterocycles. The highest BCUT2D eigenvalue weighted by atomic mass is 32.2. The third-order valence-corrected chi connectivity index (χ3v) is 6.65. The van der Waals surface area contributed by atoms with Crippen molar-refractivity contribution in [3.8, 4) is 11.5 Å². The number of hydrogen-bond donors (Lipinski definition) is 0. The Morgan fingerprint density at radius 1 is 1.06 bits per heavy atom. The van der Waals surface area contributed by atoms with Crippen LogP contribution in [0, 0.1) is 20.8 Å². The van der Waals surface area contributed by atoms with Gasteiger partial charge >= 0.3 is 0 Å². The highest BCUT2D eigenvalue weighted by Crippen LogP contribution is 2.32. The molecule has 0 unspecified atom stereocenters. The second-order valence-electron chi connectivity index (χ2n) is 7.22. The molecule has 4 rings (SSSR count). The van der Waals surface area contributed by atoms with Crippen molar-refractivity contribution in [2.45, 2.75) is 38.7 Å². The summed E-state index contributed by atoms with van der Waals surface area (Å²) in [6.45, 7) is 7.66. The predicted octanol–water partition coefficient (Wildman–Crippen LogP) is 6.10. The number of hydrogen-bond acceptors (Lipinski definition) is 7. The number of thiazole rings is 1. The van der Waals surface area contributed by atoms with Gasteiger partial charge in [-0.2, -0.15) is 0 Å². The summed E-state index contributed by atoms with van der Waals surface area (Å²) >= 11 is 2.87. The van der Waals surface area contributed by atoms with Crippen molar-refractivity contribution in [3.63, 3.8) is 0 Å². The molecular formula is C23H22N4O2S2. The van der Waals surface area contributed by atoms with Crippen molar-refractivity contribution in [2.24, 2.45) is 0 Å². The summed E-state index contributed by atoms with van der Waals surface area (Å²) in [7, 11) is 0. The Labute approximate surface area is 189 Å². The number of carbonyl (C=O) groups is 1. The summed E-state index contributed by atoms with van der Waals surface area (Å²) in [6, 6.07) is 13.9. The van der Waals surface area contributed by atoms with Crippen LogP contribution in [0.5, 0.6) is 0 Å². The van der Waals surface area contributed by atoms with E-state index in [4.69, 9.17) is 4.42 Å². The van der Waals surface area contributed by atoms with Gasteiger partial charge in [0.2, 0.25) is 11.8 Å². The Morgan fingerprint density at radius 3 is 2.61 bits per heavy atom. The van der Waals surface area contributed by atoms with Gasteiger partial charge in [-0.3, -0.25) is 9.69 Å². The molecule has 0 fully saturated rings. The standard InChI is InChI=1S/C23H22N4O2S2/c1-14-9-10-19(11-16(14)3)27(17(4)28)22-24-18(12-30-22)13-31-23-26-25-21(29-23)20-8-6-5-7-15(20)2/h5-12H,13H2,1-4H3. The highest BCUT2D eigenvalue weighted by Gasteiger charge is 2.19. The van der Waals surface area contributed by atoms with E-state index in [9.17, 15) is 4.79 Å². The van der Waals surface area contributed by atoms with E-state index in [1.165, 1.54) is 28.7 Å². The SMILES string of the molecule is CC(=O)N(c1ccc(C)c(C)c1)c1nc(CSc2nnc(-c3ccccc3C)o2)cs1. The van der Waals surface area contributed by atoms with Crippen LogP contribution in [0.1, 0.15) is 29.3 Å². The van der Waals surface area contributed by atoms with Crippen LogP contribution in [0.4, 0.5) is 10.8 Å². The van der Waals surface area contributed by atoms with Gasteiger partial charge < -0.3 is 4.42 Å². The molecule has 0 bridgehead atoms. The summed E-state index contributed by atoms with van der Waals surface area (Å²) in [5.41, 5.74) is 6.02. The molecule has 0 aliphatic heterocycles. The monoisotopic (exact) mass is 450 g/mol. The molecule has 2 heterocycles. The van der Waals surface area contributed by atoms with Crippen LogP contribution in [-0.2, 0) is 10.5 Å². The molecule has 0 aliphatic carbocycles. The lowest BCUT2D eigenvalue weighted by atomic mass is 10.1. The summed E-state index contributed by atoms with van der Waals surface area (Å²) in [4.78, 5) is 18.7. The summed E-state index contributed by atoms with van der Waals surface area (Å²) in [5.74, 6) is 1.01. The van der Waals surface area contributed by atoms with Crippen LogP contribution in [0.15, 0.2) is 57.5 Å². The minimum atomic E-state index is -0.0726. The van der Waals surface area contributed by atoms with Crippen LogP contribution in [0.3, 0.4) is 0 Å². The van der Waals surface area contributed by atoms with Crippen molar-refractivity contribution in [1.29, 1.82) is 0 Å². The number of rotatable bonds is 6. The molecular weight excluding hydrogens is 428 g/mol. The van der Waals surface area contributed by atoms with Crippen molar-refractivity contribution < 1.29 is 9.21 Å². The van der Waals surface area contributed by atoms with E-state index in [0.29, 0.717) is 22.0 Å². The zero-order valence-electron chi connectivity index (χ0n) is 17.7. The number of aryl methyl sites for hydroxylation is 3. The third kappa shape index (κ3) is 4.70. The lowest BCUT2D eigenvalue weighted by molar-refractivity contribution is -0.115. The molecule has 0 radical (unpaired) electrons. The summed E-state index contributed by atoms with van der Waals surface area (Å²) < 4.78 is 5.81. The van der Waals surface area contributed by atoms with Crippen LogP contribution in [0.25, 0.3) is 11.5 Å². The van der Waals surface area contributed by atoms with Crippen LogP contribution < -0.4 is 4.90 Å². The van der Waals surface area contributed by atoms with Gasteiger partial charge in [-0.15, -0.1) is 21.5 Å². The number of benzene rings is 2. The quantitative estimate of drug-likeness (QED) is 0.331. The summed E-state index contributed by atoms with van der Waals surface area (Å²) in [6.07, 6.45) is 0. The second kappa shape index (κ2) is 9.03. The largest absolute Gasteiger partial charge is 0.411 e. The predicted molar refractivity (Wildman–Crippen MR) is 125 cm³/mol. The van der Waals surface area contributed by atoms with Crippen molar-refractivity contribution >= 4 is 39.8 Å². The normalized spacial score (nSPS) is 11.0. The molecule has 0 spiro atoms. The van der Waals surface area contributed by atoms with Crippen LogP contribution >= 0.6 is 23.1 Å². The Balaban J connectivity index is 1.48. The van der Waals surface area contributed by atoms with E-state index in [2.05, 4.69) is 22.1 Å². The van der Waals surface area contributed by atoms with E-state index < -0.39 is 0 Å². The lowest BCUT2D eigenvalue weighted by Crippen LogP contribution is -2.22. The average Bonchev–Trinajstić information content (AvgIpc) is 3.39. The fraction of sp³-hybridized carbons (Fsp3) is 0.217. The number of thioether (sulfide) groups is 1.